The normalized spacial score (nSPS) is 13.6. The topological polar surface area (TPSA) is 20.2 Å². The average Bonchev–Trinajstić information content (AvgIpc) is 2.46. The molecule has 20 heavy (non-hydrogen) atoms. The SMILES string of the molecule is CC(C)=CCC(O)(c1ccccc1)c1ccc(C)cc1. The molecule has 0 heterocycles. The minimum absolute atomic E-state index is 0.586. The Kier molecular flexibility index (Phi) is 4.41. The van der Waals surface area contributed by atoms with Crippen molar-refractivity contribution in [1.29, 1.82) is 0 Å². The van der Waals surface area contributed by atoms with Gasteiger partial charge in [-0.2, -0.15) is 0 Å². The van der Waals surface area contributed by atoms with Crippen molar-refractivity contribution < 1.29 is 5.11 Å². The highest BCUT2D eigenvalue weighted by molar-refractivity contribution is 5.38. The van der Waals surface area contributed by atoms with Crippen molar-refractivity contribution in [2.45, 2.75) is 32.8 Å². The van der Waals surface area contributed by atoms with Gasteiger partial charge in [0.1, 0.15) is 5.60 Å². The van der Waals surface area contributed by atoms with E-state index >= 15 is 0 Å². The molecule has 1 N–H and O–H groups in total. The largest absolute Gasteiger partial charge is 0.380 e. The summed E-state index contributed by atoms with van der Waals surface area (Å²) in [4.78, 5) is 0. The molecule has 1 unspecified atom stereocenters. The third-order valence-corrected chi connectivity index (χ3v) is 3.59. The van der Waals surface area contributed by atoms with Crippen LogP contribution in [0.5, 0.6) is 0 Å². The fourth-order valence-electron chi connectivity index (χ4n) is 2.30. The third kappa shape index (κ3) is 3.17. The highest BCUT2D eigenvalue weighted by Crippen LogP contribution is 2.33. The summed E-state index contributed by atoms with van der Waals surface area (Å²) in [5, 5.41) is 11.2. The summed E-state index contributed by atoms with van der Waals surface area (Å²) in [6.45, 7) is 6.17. The number of rotatable bonds is 4. The lowest BCUT2D eigenvalue weighted by Crippen LogP contribution is -2.26. The molecule has 0 amide bonds. The molecule has 2 aromatic carbocycles. The lowest BCUT2D eigenvalue weighted by atomic mass is 9.83. The van der Waals surface area contributed by atoms with Gasteiger partial charge in [-0.15, -0.1) is 0 Å². The Morgan fingerprint density at radius 3 is 2.05 bits per heavy atom. The fraction of sp³-hybridized carbons (Fsp3) is 0.263. The number of aryl methyl sites for hydroxylation is 1. The maximum Gasteiger partial charge on any atom is 0.118 e. The zero-order valence-corrected chi connectivity index (χ0v) is 12.4. The molecule has 0 bridgehead atoms. The molecule has 104 valence electrons. The molecule has 0 fully saturated rings. The van der Waals surface area contributed by atoms with E-state index < -0.39 is 5.60 Å². The van der Waals surface area contributed by atoms with Crippen LogP contribution >= 0.6 is 0 Å². The van der Waals surface area contributed by atoms with Crippen molar-refractivity contribution in [3.63, 3.8) is 0 Å². The number of allylic oxidation sites excluding steroid dienone is 1. The summed E-state index contributed by atoms with van der Waals surface area (Å²) in [5.74, 6) is 0. The molecular weight excluding hydrogens is 244 g/mol. The summed E-state index contributed by atoms with van der Waals surface area (Å²) in [6.07, 6.45) is 2.68. The van der Waals surface area contributed by atoms with Gasteiger partial charge in [0.15, 0.2) is 0 Å². The molecule has 0 saturated carbocycles. The molecule has 0 aliphatic rings. The van der Waals surface area contributed by atoms with Gasteiger partial charge in [-0.05, 0) is 31.9 Å². The molecule has 0 aliphatic heterocycles. The minimum atomic E-state index is -0.966. The van der Waals surface area contributed by atoms with E-state index in [9.17, 15) is 5.11 Å². The van der Waals surface area contributed by atoms with Crippen LogP contribution in [0.2, 0.25) is 0 Å². The van der Waals surface area contributed by atoms with Crippen LogP contribution in [0.3, 0.4) is 0 Å². The second-order valence-electron chi connectivity index (χ2n) is 5.58. The van der Waals surface area contributed by atoms with Crippen LogP contribution in [0, 0.1) is 6.92 Å². The van der Waals surface area contributed by atoms with Crippen molar-refractivity contribution in [3.8, 4) is 0 Å². The predicted molar refractivity (Wildman–Crippen MR) is 84.7 cm³/mol. The number of benzene rings is 2. The van der Waals surface area contributed by atoms with Gasteiger partial charge < -0.3 is 5.11 Å². The summed E-state index contributed by atoms with van der Waals surface area (Å²) in [6, 6.07) is 18.0. The first-order chi connectivity index (χ1) is 9.52. The molecule has 0 spiro atoms. The lowest BCUT2D eigenvalue weighted by Gasteiger charge is -2.28. The standard InChI is InChI=1S/C19H22O/c1-15(2)13-14-19(20,17-7-5-4-6-8-17)18-11-9-16(3)10-12-18/h4-13,20H,14H2,1-3H3. The molecule has 2 rings (SSSR count). The van der Waals surface area contributed by atoms with Crippen LogP contribution < -0.4 is 0 Å². The van der Waals surface area contributed by atoms with Crippen LogP contribution in [0.1, 0.15) is 37.0 Å². The van der Waals surface area contributed by atoms with Gasteiger partial charge in [0.25, 0.3) is 0 Å². The van der Waals surface area contributed by atoms with Gasteiger partial charge in [0.2, 0.25) is 0 Å². The van der Waals surface area contributed by atoms with Gasteiger partial charge in [-0.25, -0.2) is 0 Å². The predicted octanol–water partition coefficient (Wildman–Crippen LogP) is 4.59. The molecular formula is C19H22O. The second-order valence-corrected chi connectivity index (χ2v) is 5.58. The molecule has 2 aromatic rings. The Morgan fingerprint density at radius 1 is 0.950 bits per heavy atom. The summed E-state index contributed by atoms with van der Waals surface area (Å²) in [7, 11) is 0. The Labute approximate surface area is 121 Å². The molecule has 0 saturated heterocycles. The van der Waals surface area contributed by atoms with Crippen LogP contribution in [0.15, 0.2) is 66.2 Å². The Hall–Kier alpha value is -1.86. The van der Waals surface area contributed by atoms with Crippen molar-refractivity contribution in [2.75, 3.05) is 0 Å². The maximum absolute atomic E-state index is 11.2. The summed E-state index contributed by atoms with van der Waals surface area (Å²) >= 11 is 0. The molecule has 0 radical (unpaired) electrons. The fourth-order valence-corrected chi connectivity index (χ4v) is 2.30. The zero-order valence-electron chi connectivity index (χ0n) is 12.4. The Bertz CT molecular complexity index is 577. The Balaban J connectivity index is 2.49. The number of hydrogen-bond acceptors (Lipinski definition) is 1. The highest BCUT2D eigenvalue weighted by atomic mass is 16.3. The van der Waals surface area contributed by atoms with E-state index in [4.69, 9.17) is 0 Å². The minimum Gasteiger partial charge on any atom is -0.380 e. The van der Waals surface area contributed by atoms with E-state index in [1.807, 2.05) is 54.6 Å². The monoisotopic (exact) mass is 266 g/mol. The molecule has 1 atom stereocenters. The van der Waals surface area contributed by atoms with Crippen molar-refractivity contribution >= 4 is 0 Å². The van der Waals surface area contributed by atoms with Crippen molar-refractivity contribution in [2.24, 2.45) is 0 Å². The van der Waals surface area contributed by atoms with Crippen LogP contribution in [-0.2, 0) is 5.60 Å². The van der Waals surface area contributed by atoms with Crippen LogP contribution in [-0.4, -0.2) is 5.11 Å². The van der Waals surface area contributed by atoms with E-state index in [1.54, 1.807) is 0 Å². The number of aliphatic hydroxyl groups is 1. The van der Waals surface area contributed by atoms with Gasteiger partial charge in [0.05, 0.1) is 0 Å². The van der Waals surface area contributed by atoms with E-state index in [1.165, 1.54) is 11.1 Å². The van der Waals surface area contributed by atoms with E-state index in [0.717, 1.165) is 11.1 Å². The third-order valence-electron chi connectivity index (χ3n) is 3.59. The van der Waals surface area contributed by atoms with Gasteiger partial charge >= 0.3 is 0 Å². The lowest BCUT2D eigenvalue weighted by molar-refractivity contribution is 0.0839. The maximum atomic E-state index is 11.2. The van der Waals surface area contributed by atoms with Crippen molar-refractivity contribution in [3.05, 3.63) is 82.9 Å². The quantitative estimate of drug-likeness (QED) is 0.803. The van der Waals surface area contributed by atoms with Crippen LogP contribution in [0.4, 0.5) is 0 Å². The molecule has 0 aliphatic carbocycles. The van der Waals surface area contributed by atoms with Gasteiger partial charge in [-0.1, -0.05) is 71.8 Å². The van der Waals surface area contributed by atoms with E-state index in [-0.39, 0.29) is 0 Å². The first-order valence-electron chi connectivity index (χ1n) is 7.01. The Morgan fingerprint density at radius 2 is 1.50 bits per heavy atom. The molecule has 1 nitrogen and oxygen atoms in total. The first kappa shape index (κ1) is 14.5. The number of hydrogen-bond donors (Lipinski definition) is 1. The summed E-state index contributed by atoms with van der Waals surface area (Å²) < 4.78 is 0. The van der Waals surface area contributed by atoms with Crippen LogP contribution in [0.25, 0.3) is 0 Å². The average molecular weight is 266 g/mol. The van der Waals surface area contributed by atoms with Crippen molar-refractivity contribution in [1.82, 2.24) is 0 Å². The molecule has 1 heteroatoms. The van der Waals surface area contributed by atoms with E-state index in [0.29, 0.717) is 6.42 Å². The van der Waals surface area contributed by atoms with Gasteiger partial charge in [0, 0.05) is 6.42 Å². The summed E-state index contributed by atoms with van der Waals surface area (Å²) in [5.41, 5.74) is 3.32. The molecule has 0 aromatic heterocycles. The zero-order chi connectivity index (χ0) is 14.6. The highest BCUT2D eigenvalue weighted by Gasteiger charge is 2.30. The van der Waals surface area contributed by atoms with Gasteiger partial charge in [-0.3, -0.25) is 0 Å². The first-order valence-corrected chi connectivity index (χ1v) is 7.01. The second kappa shape index (κ2) is 6.06. The van der Waals surface area contributed by atoms with E-state index in [2.05, 4.69) is 26.8 Å². The smallest absolute Gasteiger partial charge is 0.118 e.